The summed E-state index contributed by atoms with van der Waals surface area (Å²) in [6.07, 6.45) is 1.97. The van der Waals surface area contributed by atoms with Gasteiger partial charge in [-0.1, -0.05) is 17.7 Å². The second kappa shape index (κ2) is 6.04. The van der Waals surface area contributed by atoms with Gasteiger partial charge in [0.25, 0.3) is 5.91 Å². The summed E-state index contributed by atoms with van der Waals surface area (Å²) in [6, 6.07) is 4.45. The molecular formula is C13H14ClNO4. The van der Waals surface area contributed by atoms with Gasteiger partial charge in [-0.2, -0.15) is 0 Å². The van der Waals surface area contributed by atoms with Gasteiger partial charge in [0.2, 0.25) is 0 Å². The van der Waals surface area contributed by atoms with Crippen LogP contribution >= 0.6 is 11.6 Å². The number of carboxylic acid groups (broad SMARTS) is 1. The third-order valence-electron chi connectivity index (χ3n) is 2.96. The zero-order valence-corrected chi connectivity index (χ0v) is 10.9. The fourth-order valence-electron chi connectivity index (χ4n) is 1.98. The van der Waals surface area contributed by atoms with E-state index in [2.05, 4.69) is 5.32 Å². The molecule has 102 valence electrons. The number of carbonyl (C=O) groups excluding carboxylic acids is 1. The first-order chi connectivity index (χ1) is 9.09. The quantitative estimate of drug-likeness (QED) is 0.894. The van der Waals surface area contributed by atoms with Crippen molar-refractivity contribution in [2.45, 2.75) is 25.4 Å². The molecule has 6 heteroatoms. The zero-order chi connectivity index (χ0) is 13.8. The Balaban J connectivity index is 2.18. The van der Waals surface area contributed by atoms with Crippen molar-refractivity contribution < 1.29 is 19.4 Å². The van der Waals surface area contributed by atoms with Crippen LogP contribution in [0, 0.1) is 0 Å². The maximum absolute atomic E-state index is 12.0. The van der Waals surface area contributed by atoms with Crippen LogP contribution in [0.25, 0.3) is 0 Å². The molecule has 19 heavy (non-hydrogen) atoms. The molecule has 1 aromatic rings. The van der Waals surface area contributed by atoms with Crippen molar-refractivity contribution in [2.24, 2.45) is 0 Å². The lowest BCUT2D eigenvalue weighted by Gasteiger charge is -2.22. The van der Waals surface area contributed by atoms with E-state index in [0.717, 1.165) is 12.8 Å². The van der Waals surface area contributed by atoms with Crippen LogP contribution in [-0.4, -0.2) is 29.7 Å². The topological polar surface area (TPSA) is 75.6 Å². The van der Waals surface area contributed by atoms with Gasteiger partial charge in [0.15, 0.2) is 0 Å². The predicted octanol–water partition coefficient (Wildman–Crippen LogP) is 2.55. The van der Waals surface area contributed by atoms with Crippen molar-refractivity contribution >= 4 is 29.2 Å². The van der Waals surface area contributed by atoms with Gasteiger partial charge in [-0.3, -0.25) is 4.79 Å². The Labute approximate surface area is 115 Å². The highest BCUT2D eigenvalue weighted by molar-refractivity contribution is 6.34. The van der Waals surface area contributed by atoms with E-state index in [1.54, 1.807) is 0 Å². The standard InChI is InChI=1S/C13H14ClNO4/c14-9-5-3-4-8(13(17)18)11(9)15-12(16)10-6-1-2-7-19-10/h3-5,10H,1-2,6-7H2,(H,15,16)(H,17,18). The third-order valence-corrected chi connectivity index (χ3v) is 3.28. The average Bonchev–Trinajstić information content (AvgIpc) is 2.41. The molecule has 0 aliphatic carbocycles. The number of rotatable bonds is 3. The van der Waals surface area contributed by atoms with Gasteiger partial charge in [-0.25, -0.2) is 4.79 Å². The lowest BCUT2D eigenvalue weighted by molar-refractivity contribution is -0.129. The number of amides is 1. The van der Waals surface area contributed by atoms with Crippen LogP contribution in [-0.2, 0) is 9.53 Å². The number of benzene rings is 1. The van der Waals surface area contributed by atoms with Crippen molar-refractivity contribution in [3.8, 4) is 0 Å². The van der Waals surface area contributed by atoms with Crippen molar-refractivity contribution in [3.63, 3.8) is 0 Å². The zero-order valence-electron chi connectivity index (χ0n) is 10.2. The first kappa shape index (κ1) is 13.8. The fraction of sp³-hybridized carbons (Fsp3) is 0.385. The van der Waals surface area contributed by atoms with E-state index in [1.165, 1.54) is 18.2 Å². The molecule has 0 radical (unpaired) electrons. The highest BCUT2D eigenvalue weighted by atomic mass is 35.5. The summed E-state index contributed by atoms with van der Waals surface area (Å²) in [6.45, 7) is 0.548. The van der Waals surface area contributed by atoms with Crippen molar-refractivity contribution in [1.29, 1.82) is 0 Å². The minimum Gasteiger partial charge on any atom is -0.478 e. The summed E-state index contributed by atoms with van der Waals surface area (Å²) in [5.74, 6) is -1.49. The second-order valence-electron chi connectivity index (χ2n) is 4.31. The first-order valence-electron chi connectivity index (χ1n) is 6.04. The Bertz CT molecular complexity index is 497. The number of aromatic carboxylic acids is 1. The van der Waals surface area contributed by atoms with Crippen LogP contribution in [0.3, 0.4) is 0 Å². The van der Waals surface area contributed by atoms with E-state index in [9.17, 15) is 9.59 Å². The van der Waals surface area contributed by atoms with Crippen molar-refractivity contribution in [1.82, 2.24) is 0 Å². The molecular weight excluding hydrogens is 270 g/mol. The molecule has 1 saturated heterocycles. The molecule has 1 atom stereocenters. The Morgan fingerprint density at radius 2 is 2.16 bits per heavy atom. The highest BCUT2D eigenvalue weighted by Gasteiger charge is 2.24. The van der Waals surface area contributed by atoms with E-state index in [0.29, 0.717) is 13.0 Å². The van der Waals surface area contributed by atoms with Crippen molar-refractivity contribution in [3.05, 3.63) is 28.8 Å². The molecule has 0 spiro atoms. The van der Waals surface area contributed by atoms with E-state index >= 15 is 0 Å². The molecule has 1 aliphatic rings. The summed E-state index contributed by atoms with van der Waals surface area (Å²) in [5, 5.41) is 11.8. The molecule has 1 aliphatic heterocycles. The molecule has 2 N–H and O–H groups in total. The normalized spacial score (nSPS) is 18.9. The van der Waals surface area contributed by atoms with Crippen LogP contribution in [0.1, 0.15) is 29.6 Å². The van der Waals surface area contributed by atoms with Gasteiger partial charge < -0.3 is 15.2 Å². The Morgan fingerprint density at radius 3 is 2.79 bits per heavy atom. The van der Waals surface area contributed by atoms with Crippen molar-refractivity contribution in [2.75, 3.05) is 11.9 Å². The summed E-state index contributed by atoms with van der Waals surface area (Å²) in [4.78, 5) is 23.1. The maximum atomic E-state index is 12.0. The number of para-hydroxylation sites is 1. The maximum Gasteiger partial charge on any atom is 0.337 e. The van der Waals surface area contributed by atoms with Crippen LogP contribution in [0.4, 0.5) is 5.69 Å². The summed E-state index contributed by atoms with van der Waals surface area (Å²) in [5.41, 5.74) is 0.0903. The van der Waals surface area contributed by atoms with Gasteiger partial charge in [0.05, 0.1) is 16.3 Å². The van der Waals surface area contributed by atoms with Gasteiger partial charge in [-0.15, -0.1) is 0 Å². The number of hydrogen-bond acceptors (Lipinski definition) is 3. The predicted molar refractivity (Wildman–Crippen MR) is 70.6 cm³/mol. The van der Waals surface area contributed by atoms with Gasteiger partial charge in [-0.05, 0) is 31.4 Å². The molecule has 1 fully saturated rings. The van der Waals surface area contributed by atoms with Crippen LogP contribution < -0.4 is 5.32 Å². The molecule has 0 aromatic heterocycles. The molecule has 1 heterocycles. The van der Waals surface area contributed by atoms with Gasteiger partial charge in [0, 0.05) is 6.61 Å². The summed E-state index contributed by atoms with van der Waals surface area (Å²) >= 11 is 5.94. The number of carboxylic acids is 1. The molecule has 1 unspecified atom stereocenters. The Morgan fingerprint density at radius 1 is 1.37 bits per heavy atom. The lowest BCUT2D eigenvalue weighted by atomic mass is 10.1. The minimum absolute atomic E-state index is 0.0309. The molecule has 2 rings (SSSR count). The highest BCUT2D eigenvalue weighted by Crippen LogP contribution is 2.27. The number of anilines is 1. The fourth-order valence-corrected chi connectivity index (χ4v) is 2.20. The van der Waals surface area contributed by atoms with E-state index in [4.69, 9.17) is 21.4 Å². The Kier molecular flexibility index (Phi) is 4.39. The number of halogens is 1. The molecule has 5 nitrogen and oxygen atoms in total. The van der Waals surface area contributed by atoms with Crippen LogP contribution in [0.2, 0.25) is 5.02 Å². The molecule has 0 bridgehead atoms. The minimum atomic E-state index is -1.14. The molecule has 0 saturated carbocycles. The number of nitrogens with one attached hydrogen (secondary N) is 1. The number of hydrogen-bond donors (Lipinski definition) is 2. The number of ether oxygens (including phenoxy) is 1. The second-order valence-corrected chi connectivity index (χ2v) is 4.72. The monoisotopic (exact) mass is 283 g/mol. The van der Waals surface area contributed by atoms with Crippen LogP contribution in [0.5, 0.6) is 0 Å². The summed E-state index contributed by atoms with van der Waals surface area (Å²) < 4.78 is 5.35. The SMILES string of the molecule is O=C(O)c1cccc(Cl)c1NC(=O)C1CCCCO1. The number of carbonyl (C=O) groups is 2. The van der Waals surface area contributed by atoms with Crippen LogP contribution in [0.15, 0.2) is 18.2 Å². The Hall–Kier alpha value is -1.59. The lowest BCUT2D eigenvalue weighted by Crippen LogP contribution is -2.33. The largest absolute Gasteiger partial charge is 0.478 e. The third kappa shape index (κ3) is 3.24. The van der Waals surface area contributed by atoms with E-state index < -0.39 is 12.1 Å². The average molecular weight is 284 g/mol. The van der Waals surface area contributed by atoms with Gasteiger partial charge in [0.1, 0.15) is 6.10 Å². The molecule has 1 amide bonds. The van der Waals surface area contributed by atoms with E-state index in [-0.39, 0.29) is 22.2 Å². The van der Waals surface area contributed by atoms with E-state index in [1.807, 2.05) is 0 Å². The first-order valence-corrected chi connectivity index (χ1v) is 6.41. The smallest absolute Gasteiger partial charge is 0.337 e. The summed E-state index contributed by atoms with van der Waals surface area (Å²) in [7, 11) is 0. The molecule has 1 aromatic carbocycles. The van der Waals surface area contributed by atoms with Gasteiger partial charge >= 0.3 is 5.97 Å².